The number of hydrogen-bond acceptors (Lipinski definition) is 4. The Morgan fingerprint density at radius 3 is 1.29 bits per heavy atom. The van der Waals surface area contributed by atoms with Crippen molar-refractivity contribution in [2.75, 3.05) is 12.4 Å². The van der Waals surface area contributed by atoms with Crippen LogP contribution in [0.4, 0.5) is 0 Å². The van der Waals surface area contributed by atoms with Crippen molar-refractivity contribution >= 4 is 42.4 Å². The van der Waals surface area contributed by atoms with E-state index < -0.39 is 7.92 Å². The minimum Gasteiger partial charge on any atom is -0.782 e. The first kappa shape index (κ1) is 31.7. The van der Waals surface area contributed by atoms with Crippen LogP contribution in [0, 0.1) is 11.3 Å². The smallest absolute Gasteiger partial charge is 0.281 e. The van der Waals surface area contributed by atoms with Gasteiger partial charge >= 0.3 is 0 Å². The fourth-order valence-electron chi connectivity index (χ4n) is 2.70. The van der Waals surface area contributed by atoms with Crippen LogP contribution in [0.2, 0.25) is 0 Å². The van der Waals surface area contributed by atoms with Gasteiger partial charge in [-0.2, -0.15) is 0 Å². The molecule has 2 radical (unpaired) electrons. The number of esters is 1. The Kier molecular flexibility index (Phi) is 19.7. The predicted molar refractivity (Wildman–Crippen MR) is 143 cm³/mol. The summed E-state index contributed by atoms with van der Waals surface area (Å²) in [5.41, 5.74) is 5.75. The van der Waals surface area contributed by atoms with E-state index in [-0.39, 0.29) is 32.1 Å². The van der Waals surface area contributed by atoms with Gasteiger partial charge in [-0.3, -0.25) is 4.79 Å². The van der Waals surface area contributed by atoms with Crippen LogP contribution in [0.25, 0.3) is 5.59 Å². The predicted octanol–water partition coefficient (Wildman–Crippen LogP) is 5.18. The summed E-state index contributed by atoms with van der Waals surface area (Å²) >= 11 is 4.37. The van der Waals surface area contributed by atoms with E-state index in [1.807, 2.05) is 30.7 Å². The normalized spacial score (nSPS) is 10.3. The molecular formula is C27H27NO3PReS-2. The maximum atomic E-state index is 10.1. The SMILES string of the molecule is CCOC(=O)C[S-].[CH]1C=CC=C1.[N-]=O.[Re].c1ccc(P(c2ccccc2)c2ccccc2)cc1. The Hall–Kier alpha value is -2.35. The van der Waals surface area contributed by atoms with Gasteiger partial charge in [0.1, 0.15) is 0 Å². The van der Waals surface area contributed by atoms with Crippen LogP contribution in [-0.2, 0) is 42.6 Å². The number of benzene rings is 3. The van der Waals surface area contributed by atoms with Crippen LogP contribution in [0.15, 0.2) is 115 Å². The monoisotopic (exact) mass is 663 g/mol. The first-order chi connectivity index (χ1) is 16.3. The second-order valence-electron chi connectivity index (χ2n) is 6.25. The van der Waals surface area contributed by atoms with Gasteiger partial charge in [0.25, 0.3) is 5.97 Å². The molecule has 1 aliphatic carbocycles. The summed E-state index contributed by atoms with van der Waals surface area (Å²) in [6.07, 6.45) is 10.0. The maximum Gasteiger partial charge on any atom is 0.281 e. The van der Waals surface area contributed by atoms with E-state index in [4.69, 9.17) is 10.5 Å². The van der Waals surface area contributed by atoms with Gasteiger partial charge in [-0.1, -0.05) is 121 Å². The zero-order chi connectivity index (χ0) is 24.2. The van der Waals surface area contributed by atoms with Crippen molar-refractivity contribution in [1.29, 1.82) is 0 Å². The first-order valence-electron chi connectivity index (χ1n) is 10.3. The zero-order valence-electron chi connectivity index (χ0n) is 18.9. The summed E-state index contributed by atoms with van der Waals surface area (Å²) in [5, 5.41) is 4.19. The van der Waals surface area contributed by atoms with Crippen molar-refractivity contribution in [1.82, 2.24) is 0 Å². The third kappa shape index (κ3) is 12.8. The summed E-state index contributed by atoms with van der Waals surface area (Å²) < 4.78 is 4.45. The minimum absolute atomic E-state index is 0. The summed E-state index contributed by atoms with van der Waals surface area (Å²) in [5.74, 6) is -0.245. The van der Waals surface area contributed by atoms with Gasteiger partial charge in [-0.15, -0.1) is 0 Å². The fraction of sp³-hybridized carbons (Fsp3) is 0.111. The number of carbonyl (C=O) groups excluding carboxylic acids is 1. The quantitative estimate of drug-likeness (QED) is 0.215. The molecule has 0 heterocycles. The molecule has 0 bridgehead atoms. The average molecular weight is 663 g/mol. The third-order valence-corrected chi connectivity index (χ3v) is 6.70. The molecule has 34 heavy (non-hydrogen) atoms. The molecule has 0 atom stereocenters. The van der Waals surface area contributed by atoms with Crippen LogP contribution in [0.1, 0.15) is 6.92 Å². The molecule has 0 N–H and O–H groups in total. The number of rotatable bonds is 5. The second-order valence-corrected chi connectivity index (χ2v) is 8.76. The van der Waals surface area contributed by atoms with Crippen LogP contribution < -0.4 is 15.9 Å². The van der Waals surface area contributed by atoms with Crippen molar-refractivity contribution in [3.05, 3.63) is 132 Å². The van der Waals surface area contributed by atoms with Gasteiger partial charge in [-0.25, -0.2) is 0 Å². The van der Waals surface area contributed by atoms with Crippen molar-refractivity contribution < 1.29 is 30.0 Å². The molecule has 0 aromatic heterocycles. The largest absolute Gasteiger partial charge is 0.782 e. The van der Waals surface area contributed by atoms with Crippen molar-refractivity contribution in [3.8, 4) is 0 Å². The van der Waals surface area contributed by atoms with Gasteiger partial charge in [-0.05, 0) is 30.8 Å². The van der Waals surface area contributed by atoms with Crippen molar-refractivity contribution in [2.24, 2.45) is 0 Å². The van der Waals surface area contributed by atoms with Gasteiger partial charge in [0.05, 0.1) is 6.61 Å². The number of ether oxygens (including phenoxy) is 1. The van der Waals surface area contributed by atoms with Gasteiger partial charge in [0.2, 0.25) is 0 Å². The molecule has 0 amide bonds. The van der Waals surface area contributed by atoms with Crippen LogP contribution in [0.5, 0.6) is 0 Å². The molecule has 0 saturated carbocycles. The van der Waals surface area contributed by atoms with Gasteiger partial charge < -0.3 is 27.9 Å². The van der Waals surface area contributed by atoms with E-state index in [2.05, 4.69) is 108 Å². The maximum absolute atomic E-state index is 10.1. The molecular weight excluding hydrogens is 636 g/mol. The second kappa shape index (κ2) is 21.2. The Balaban J connectivity index is 0.000000603. The molecule has 3 aromatic carbocycles. The molecule has 0 saturated heterocycles. The molecule has 3 aromatic rings. The number of hydrogen-bond donors (Lipinski definition) is 0. The summed E-state index contributed by atoms with van der Waals surface area (Å²) in [6.45, 7) is 2.18. The number of carbonyl (C=O) groups is 1. The van der Waals surface area contributed by atoms with E-state index in [0.717, 1.165) is 0 Å². The average Bonchev–Trinajstić information content (AvgIpc) is 3.49. The molecule has 0 spiro atoms. The van der Waals surface area contributed by atoms with Crippen molar-refractivity contribution in [3.63, 3.8) is 0 Å². The number of allylic oxidation sites excluding steroid dienone is 4. The molecule has 4 rings (SSSR count). The molecule has 0 unspecified atom stereocenters. The van der Waals surface area contributed by atoms with Crippen molar-refractivity contribution in [2.45, 2.75) is 6.92 Å². The van der Waals surface area contributed by atoms with Crippen LogP contribution in [-0.4, -0.2) is 18.3 Å². The first-order valence-corrected chi connectivity index (χ1v) is 12.2. The van der Waals surface area contributed by atoms with E-state index >= 15 is 0 Å². The Bertz CT molecular complexity index is 853. The third-order valence-electron chi connectivity index (χ3n) is 4.02. The fourth-order valence-corrected chi connectivity index (χ4v) is 5.09. The molecule has 7 heteroatoms. The molecule has 4 nitrogen and oxygen atoms in total. The van der Waals surface area contributed by atoms with E-state index in [1.54, 1.807) is 6.92 Å². The van der Waals surface area contributed by atoms with E-state index in [0.29, 0.717) is 6.61 Å². The molecule has 178 valence electrons. The molecule has 0 fully saturated rings. The van der Waals surface area contributed by atoms with E-state index in [9.17, 15) is 4.79 Å². The minimum atomic E-state index is -0.446. The number of nitroso groups, excluding NO2 is 1. The van der Waals surface area contributed by atoms with Gasteiger partial charge in [0, 0.05) is 26.8 Å². The summed E-state index contributed by atoms with van der Waals surface area (Å²) in [6, 6.07) is 32.3. The number of nitrogens with zero attached hydrogens (tertiary/aromatic N) is 1. The summed E-state index contributed by atoms with van der Waals surface area (Å²) in [4.78, 5) is 17.3. The Labute approximate surface area is 223 Å². The zero-order valence-corrected chi connectivity index (χ0v) is 23.3. The van der Waals surface area contributed by atoms with E-state index in [1.165, 1.54) is 15.9 Å². The topological polar surface area (TPSA) is 65.7 Å². The molecule has 0 aliphatic heterocycles. The van der Waals surface area contributed by atoms with Crippen LogP contribution >= 0.6 is 7.92 Å². The van der Waals surface area contributed by atoms with Gasteiger partial charge in [0.15, 0.2) is 0 Å². The van der Waals surface area contributed by atoms with Crippen LogP contribution in [0.3, 0.4) is 0 Å². The Morgan fingerprint density at radius 2 is 1.09 bits per heavy atom. The summed E-state index contributed by atoms with van der Waals surface area (Å²) in [7, 11) is -0.446. The molecule has 1 aliphatic rings. The Morgan fingerprint density at radius 1 is 0.735 bits per heavy atom. The standard InChI is InChI=1S/C18H15P.C5H5.C4H8O2S.NO.Re/c1-4-10-16(11-5-1)19(17-12-6-2-7-13-17)18-14-8-3-9-15-18;1-2-4-5-3-1;1-2-6-4(5)3-7;1-2;/h1-15H;1-5H;7H,2-3H2,1H3;;/q;;;-1;/p-1.